The number of phenols is 1. The molecule has 3 nitrogen and oxygen atoms in total. The molecule has 3 heteroatoms. The second kappa shape index (κ2) is 5.23. The van der Waals surface area contributed by atoms with Crippen LogP contribution in [0.5, 0.6) is 5.75 Å². The average molecular weight is 232 g/mol. The molecule has 0 bridgehead atoms. The Morgan fingerprint density at radius 3 is 2.88 bits per heavy atom. The van der Waals surface area contributed by atoms with Gasteiger partial charge in [-0.15, -0.1) is 0 Å². The van der Waals surface area contributed by atoms with Crippen LogP contribution in [-0.4, -0.2) is 23.3 Å². The normalized spacial score (nSPS) is 11.2. The summed E-state index contributed by atoms with van der Waals surface area (Å²) >= 11 is 0. The molecule has 0 aliphatic heterocycles. The Morgan fingerprint density at radius 1 is 1.35 bits per heavy atom. The number of hydrogen-bond acceptors (Lipinski definition) is 2. The summed E-state index contributed by atoms with van der Waals surface area (Å²) in [6, 6.07) is 7.84. The predicted molar refractivity (Wildman–Crippen MR) is 71.5 cm³/mol. The van der Waals surface area contributed by atoms with E-state index in [2.05, 4.69) is 28.9 Å². The quantitative estimate of drug-likeness (QED) is 0.777. The fourth-order valence-electron chi connectivity index (χ4n) is 2.35. The van der Waals surface area contributed by atoms with Gasteiger partial charge in [0.1, 0.15) is 5.75 Å². The highest BCUT2D eigenvalue weighted by molar-refractivity contribution is 5.87. The second-order valence-electron chi connectivity index (χ2n) is 4.30. The molecule has 1 heterocycles. The lowest BCUT2D eigenvalue weighted by molar-refractivity contribution is 0.481. The van der Waals surface area contributed by atoms with Gasteiger partial charge in [-0.1, -0.05) is 6.07 Å². The monoisotopic (exact) mass is 232 g/mol. The summed E-state index contributed by atoms with van der Waals surface area (Å²) in [7, 11) is 1.97. The van der Waals surface area contributed by atoms with E-state index in [0.717, 1.165) is 36.8 Å². The van der Waals surface area contributed by atoms with Crippen LogP contribution in [0.15, 0.2) is 24.3 Å². The number of benzene rings is 1. The van der Waals surface area contributed by atoms with Crippen molar-refractivity contribution >= 4 is 10.9 Å². The standard InChI is InChI=1S/C14H20N2O/c1-3-16-11(6-5-9-15-2)10-12-13(16)7-4-8-14(12)17/h4,7-8,10,15,17H,3,5-6,9H2,1-2H3. The highest BCUT2D eigenvalue weighted by atomic mass is 16.3. The fraction of sp³-hybridized carbons (Fsp3) is 0.429. The van der Waals surface area contributed by atoms with E-state index in [0.29, 0.717) is 5.75 Å². The van der Waals surface area contributed by atoms with Gasteiger partial charge < -0.3 is 15.0 Å². The first-order valence-electron chi connectivity index (χ1n) is 6.22. The third-order valence-electron chi connectivity index (χ3n) is 3.18. The number of rotatable bonds is 5. The molecular weight excluding hydrogens is 212 g/mol. The van der Waals surface area contributed by atoms with Gasteiger partial charge >= 0.3 is 0 Å². The van der Waals surface area contributed by atoms with Crippen LogP contribution in [0.4, 0.5) is 0 Å². The highest BCUT2D eigenvalue weighted by Crippen LogP contribution is 2.28. The van der Waals surface area contributed by atoms with Crippen LogP contribution < -0.4 is 5.32 Å². The minimum Gasteiger partial charge on any atom is -0.507 e. The van der Waals surface area contributed by atoms with E-state index >= 15 is 0 Å². The lowest BCUT2D eigenvalue weighted by atomic mass is 10.2. The Hall–Kier alpha value is -1.48. The van der Waals surface area contributed by atoms with E-state index in [1.165, 1.54) is 5.69 Å². The Balaban J connectivity index is 2.38. The Morgan fingerprint density at radius 2 is 2.18 bits per heavy atom. The van der Waals surface area contributed by atoms with Crippen molar-refractivity contribution in [1.29, 1.82) is 0 Å². The largest absolute Gasteiger partial charge is 0.507 e. The zero-order valence-electron chi connectivity index (χ0n) is 10.5. The molecule has 2 aromatic rings. The number of fused-ring (bicyclic) bond motifs is 1. The van der Waals surface area contributed by atoms with Crippen molar-refractivity contribution < 1.29 is 5.11 Å². The van der Waals surface area contributed by atoms with Crippen LogP contribution in [0.25, 0.3) is 10.9 Å². The number of aromatic nitrogens is 1. The number of phenolic OH excluding ortho intramolecular Hbond substituents is 1. The maximum Gasteiger partial charge on any atom is 0.124 e. The van der Waals surface area contributed by atoms with Gasteiger partial charge in [-0.3, -0.25) is 0 Å². The maximum absolute atomic E-state index is 9.85. The molecule has 0 saturated carbocycles. The van der Waals surface area contributed by atoms with Gasteiger partial charge in [-0.25, -0.2) is 0 Å². The number of aryl methyl sites for hydroxylation is 2. The zero-order chi connectivity index (χ0) is 12.3. The zero-order valence-corrected chi connectivity index (χ0v) is 10.5. The molecule has 0 amide bonds. The fourth-order valence-corrected chi connectivity index (χ4v) is 2.35. The van der Waals surface area contributed by atoms with Crippen molar-refractivity contribution in [3.8, 4) is 5.75 Å². The molecule has 1 aromatic heterocycles. The first-order chi connectivity index (χ1) is 8.27. The summed E-state index contributed by atoms with van der Waals surface area (Å²) in [5.74, 6) is 0.379. The molecule has 0 saturated heterocycles. The van der Waals surface area contributed by atoms with Gasteiger partial charge in [0.15, 0.2) is 0 Å². The molecule has 2 rings (SSSR count). The third kappa shape index (κ3) is 2.29. The summed E-state index contributed by atoms with van der Waals surface area (Å²) in [5, 5.41) is 14.0. The average Bonchev–Trinajstić information content (AvgIpc) is 2.69. The molecule has 0 fully saturated rings. The summed E-state index contributed by atoms with van der Waals surface area (Å²) < 4.78 is 2.28. The molecule has 0 radical (unpaired) electrons. The first kappa shape index (κ1) is 12.0. The lowest BCUT2D eigenvalue weighted by Gasteiger charge is -2.07. The molecule has 92 valence electrons. The molecule has 17 heavy (non-hydrogen) atoms. The van der Waals surface area contributed by atoms with Gasteiger partial charge in [0.25, 0.3) is 0 Å². The van der Waals surface area contributed by atoms with Crippen LogP contribution in [0.2, 0.25) is 0 Å². The SMILES string of the molecule is CCn1c(CCCNC)cc2c(O)cccc21. The van der Waals surface area contributed by atoms with E-state index in [-0.39, 0.29) is 0 Å². The smallest absolute Gasteiger partial charge is 0.124 e. The van der Waals surface area contributed by atoms with Crippen molar-refractivity contribution in [3.63, 3.8) is 0 Å². The van der Waals surface area contributed by atoms with E-state index in [1.807, 2.05) is 13.1 Å². The van der Waals surface area contributed by atoms with Gasteiger partial charge in [0.2, 0.25) is 0 Å². The van der Waals surface area contributed by atoms with Gasteiger partial charge in [-0.2, -0.15) is 0 Å². The molecule has 2 N–H and O–H groups in total. The molecule has 0 aliphatic carbocycles. The van der Waals surface area contributed by atoms with Gasteiger partial charge in [-0.05, 0) is 51.6 Å². The van der Waals surface area contributed by atoms with Crippen LogP contribution in [0, 0.1) is 0 Å². The van der Waals surface area contributed by atoms with Crippen molar-refractivity contribution in [1.82, 2.24) is 9.88 Å². The Labute approximate surface area is 102 Å². The minimum atomic E-state index is 0.379. The van der Waals surface area contributed by atoms with Crippen molar-refractivity contribution in [2.45, 2.75) is 26.3 Å². The minimum absolute atomic E-state index is 0.379. The van der Waals surface area contributed by atoms with Crippen LogP contribution in [-0.2, 0) is 13.0 Å². The molecule has 0 spiro atoms. The first-order valence-corrected chi connectivity index (χ1v) is 6.22. The number of nitrogens with zero attached hydrogens (tertiary/aromatic N) is 1. The van der Waals surface area contributed by atoms with E-state index in [9.17, 15) is 5.11 Å². The maximum atomic E-state index is 9.85. The van der Waals surface area contributed by atoms with E-state index < -0.39 is 0 Å². The molecule has 0 atom stereocenters. The predicted octanol–water partition coefficient (Wildman–Crippen LogP) is 2.52. The molecule has 0 aliphatic rings. The summed E-state index contributed by atoms with van der Waals surface area (Å²) in [6.07, 6.45) is 2.16. The van der Waals surface area contributed by atoms with Crippen LogP contribution in [0.3, 0.4) is 0 Å². The number of nitrogens with one attached hydrogen (secondary N) is 1. The second-order valence-corrected chi connectivity index (χ2v) is 4.30. The number of hydrogen-bond donors (Lipinski definition) is 2. The molecule has 0 unspecified atom stereocenters. The van der Waals surface area contributed by atoms with Crippen molar-refractivity contribution in [2.24, 2.45) is 0 Å². The summed E-state index contributed by atoms with van der Waals surface area (Å²) in [4.78, 5) is 0. The van der Waals surface area contributed by atoms with E-state index in [4.69, 9.17) is 0 Å². The molecular formula is C14H20N2O. The Kier molecular flexibility index (Phi) is 3.69. The summed E-state index contributed by atoms with van der Waals surface area (Å²) in [6.45, 7) is 4.12. The Bertz CT molecular complexity index is 502. The third-order valence-corrected chi connectivity index (χ3v) is 3.18. The molecule has 1 aromatic carbocycles. The van der Waals surface area contributed by atoms with Crippen molar-refractivity contribution in [2.75, 3.05) is 13.6 Å². The lowest BCUT2D eigenvalue weighted by Crippen LogP contribution is -2.10. The van der Waals surface area contributed by atoms with Gasteiger partial charge in [0, 0.05) is 17.6 Å². The highest BCUT2D eigenvalue weighted by Gasteiger charge is 2.09. The van der Waals surface area contributed by atoms with Gasteiger partial charge in [0.05, 0.1) is 5.52 Å². The van der Waals surface area contributed by atoms with Crippen molar-refractivity contribution in [3.05, 3.63) is 30.0 Å². The number of aromatic hydroxyl groups is 1. The van der Waals surface area contributed by atoms with Crippen LogP contribution >= 0.6 is 0 Å². The topological polar surface area (TPSA) is 37.2 Å². The van der Waals surface area contributed by atoms with Crippen LogP contribution in [0.1, 0.15) is 19.0 Å². The van der Waals surface area contributed by atoms with E-state index in [1.54, 1.807) is 6.07 Å². The summed E-state index contributed by atoms with van der Waals surface area (Å²) in [5.41, 5.74) is 2.44.